The van der Waals surface area contributed by atoms with Crippen molar-refractivity contribution in [3.8, 4) is 11.3 Å². The molecule has 0 spiro atoms. The highest BCUT2D eigenvalue weighted by Crippen LogP contribution is 2.21. The molecule has 29 heavy (non-hydrogen) atoms. The molecule has 0 atom stereocenters. The summed E-state index contributed by atoms with van der Waals surface area (Å²) in [6, 6.07) is 13.1. The third kappa shape index (κ3) is 5.34. The minimum atomic E-state index is -0.0417. The van der Waals surface area contributed by atoms with Crippen LogP contribution in [0.2, 0.25) is 0 Å². The van der Waals surface area contributed by atoms with Crippen molar-refractivity contribution >= 4 is 23.2 Å². The number of pyridine rings is 1. The van der Waals surface area contributed by atoms with Crippen LogP contribution in [0.15, 0.2) is 61.1 Å². The Labute approximate surface area is 169 Å². The summed E-state index contributed by atoms with van der Waals surface area (Å²) >= 11 is 0. The van der Waals surface area contributed by atoms with Crippen molar-refractivity contribution in [3.05, 3.63) is 61.1 Å². The highest BCUT2D eigenvalue weighted by atomic mass is 16.5. The number of carbonyl (C=O) groups is 1. The molecule has 148 valence electrons. The number of morpholine rings is 1. The smallest absolute Gasteiger partial charge is 0.238 e. The van der Waals surface area contributed by atoms with Gasteiger partial charge in [0.25, 0.3) is 0 Å². The molecule has 4 rings (SSSR count). The number of rotatable bonds is 6. The lowest BCUT2D eigenvalue weighted by atomic mass is 10.2. The van der Waals surface area contributed by atoms with E-state index in [-0.39, 0.29) is 5.91 Å². The monoisotopic (exact) mass is 390 g/mol. The van der Waals surface area contributed by atoms with Crippen molar-refractivity contribution in [2.45, 2.75) is 0 Å². The van der Waals surface area contributed by atoms with Gasteiger partial charge < -0.3 is 15.4 Å². The van der Waals surface area contributed by atoms with E-state index in [4.69, 9.17) is 4.74 Å². The van der Waals surface area contributed by atoms with E-state index in [1.807, 2.05) is 42.5 Å². The second kappa shape index (κ2) is 9.22. The van der Waals surface area contributed by atoms with Crippen LogP contribution in [0.5, 0.6) is 0 Å². The van der Waals surface area contributed by atoms with Crippen molar-refractivity contribution in [3.63, 3.8) is 0 Å². The first-order chi connectivity index (χ1) is 14.3. The Hall–Kier alpha value is -3.36. The number of nitrogens with zero attached hydrogens (tertiary/aromatic N) is 4. The number of amides is 1. The van der Waals surface area contributed by atoms with Gasteiger partial charge in [0.1, 0.15) is 0 Å². The summed E-state index contributed by atoms with van der Waals surface area (Å²) in [7, 11) is 0. The number of aromatic nitrogens is 3. The summed E-state index contributed by atoms with van der Waals surface area (Å²) in [5.41, 5.74) is 3.29. The van der Waals surface area contributed by atoms with Crippen LogP contribution in [-0.4, -0.2) is 58.6 Å². The minimum Gasteiger partial charge on any atom is -0.379 e. The van der Waals surface area contributed by atoms with Gasteiger partial charge in [0.05, 0.1) is 25.5 Å². The molecule has 0 unspecified atom stereocenters. The summed E-state index contributed by atoms with van der Waals surface area (Å²) in [6.45, 7) is 3.26. The lowest BCUT2D eigenvalue weighted by Gasteiger charge is -2.25. The molecule has 1 saturated heterocycles. The van der Waals surface area contributed by atoms with Crippen LogP contribution in [0.1, 0.15) is 0 Å². The van der Waals surface area contributed by atoms with E-state index in [9.17, 15) is 4.79 Å². The highest BCUT2D eigenvalue weighted by molar-refractivity contribution is 5.92. The van der Waals surface area contributed by atoms with Crippen molar-refractivity contribution in [2.24, 2.45) is 0 Å². The van der Waals surface area contributed by atoms with Gasteiger partial charge in [-0.05, 0) is 36.4 Å². The summed E-state index contributed by atoms with van der Waals surface area (Å²) < 4.78 is 5.31. The van der Waals surface area contributed by atoms with Gasteiger partial charge in [0, 0.05) is 48.6 Å². The fourth-order valence-electron chi connectivity index (χ4n) is 3.07. The number of hydrogen-bond acceptors (Lipinski definition) is 7. The van der Waals surface area contributed by atoms with E-state index in [0.29, 0.717) is 25.7 Å². The van der Waals surface area contributed by atoms with Crippen LogP contribution in [0.25, 0.3) is 11.3 Å². The van der Waals surface area contributed by atoms with Gasteiger partial charge in [0.15, 0.2) is 0 Å². The molecule has 1 amide bonds. The molecule has 0 bridgehead atoms. The predicted molar refractivity (Wildman–Crippen MR) is 111 cm³/mol. The van der Waals surface area contributed by atoms with Crippen LogP contribution in [0.3, 0.4) is 0 Å². The molecule has 0 radical (unpaired) electrons. The highest BCUT2D eigenvalue weighted by Gasteiger charge is 2.14. The van der Waals surface area contributed by atoms with Crippen LogP contribution in [0, 0.1) is 0 Å². The molecule has 0 saturated carbocycles. The predicted octanol–water partition coefficient (Wildman–Crippen LogP) is 2.55. The number of anilines is 3. The van der Waals surface area contributed by atoms with E-state index in [0.717, 1.165) is 35.7 Å². The van der Waals surface area contributed by atoms with Gasteiger partial charge >= 0.3 is 0 Å². The van der Waals surface area contributed by atoms with E-state index in [1.54, 1.807) is 18.6 Å². The zero-order valence-electron chi connectivity index (χ0n) is 15.9. The van der Waals surface area contributed by atoms with Gasteiger partial charge in [0.2, 0.25) is 11.9 Å². The largest absolute Gasteiger partial charge is 0.379 e. The summed E-state index contributed by atoms with van der Waals surface area (Å²) in [5.74, 6) is 0.441. The number of ether oxygens (including phenoxy) is 1. The Morgan fingerprint density at radius 2 is 1.83 bits per heavy atom. The third-order valence-electron chi connectivity index (χ3n) is 4.51. The molecule has 2 aromatic heterocycles. The average Bonchev–Trinajstić information content (AvgIpc) is 2.75. The second-order valence-electron chi connectivity index (χ2n) is 6.64. The average molecular weight is 390 g/mol. The summed E-state index contributed by atoms with van der Waals surface area (Å²) in [6.07, 6.45) is 5.17. The maximum absolute atomic E-state index is 12.3. The lowest BCUT2D eigenvalue weighted by Crippen LogP contribution is -2.41. The first-order valence-corrected chi connectivity index (χ1v) is 9.47. The minimum absolute atomic E-state index is 0.0417. The van der Waals surface area contributed by atoms with Crippen molar-refractivity contribution < 1.29 is 9.53 Å². The fraction of sp³-hybridized carbons (Fsp3) is 0.238. The molecule has 1 aliphatic rings. The molecule has 8 heteroatoms. The van der Waals surface area contributed by atoms with E-state index in [2.05, 4.69) is 30.5 Å². The quantitative estimate of drug-likeness (QED) is 0.668. The van der Waals surface area contributed by atoms with Crippen molar-refractivity contribution in [2.75, 3.05) is 43.5 Å². The zero-order valence-corrected chi connectivity index (χ0v) is 15.9. The van der Waals surface area contributed by atoms with Gasteiger partial charge in [-0.15, -0.1) is 0 Å². The van der Waals surface area contributed by atoms with Crippen LogP contribution >= 0.6 is 0 Å². The molecule has 3 aromatic rings. The van der Waals surface area contributed by atoms with Crippen LogP contribution in [-0.2, 0) is 9.53 Å². The fourth-order valence-corrected chi connectivity index (χ4v) is 3.07. The Morgan fingerprint density at radius 3 is 2.66 bits per heavy atom. The molecule has 1 aromatic carbocycles. The third-order valence-corrected chi connectivity index (χ3v) is 4.51. The van der Waals surface area contributed by atoms with Crippen LogP contribution in [0.4, 0.5) is 17.3 Å². The standard InChI is InChI=1S/C21H22N6O2/c28-20(15-27-10-12-29-13-11-27)24-17-2-1-3-18(14-17)25-21-23-9-6-19(26-21)16-4-7-22-8-5-16/h1-9,14H,10-13,15H2,(H,24,28)(H,23,25,26). The number of benzene rings is 1. The Morgan fingerprint density at radius 1 is 1.03 bits per heavy atom. The van der Waals surface area contributed by atoms with Crippen LogP contribution < -0.4 is 10.6 Å². The van der Waals surface area contributed by atoms with Gasteiger partial charge in [-0.3, -0.25) is 14.7 Å². The van der Waals surface area contributed by atoms with E-state index < -0.39 is 0 Å². The summed E-state index contributed by atoms with van der Waals surface area (Å²) in [4.78, 5) is 27.3. The Kier molecular flexibility index (Phi) is 6.04. The van der Waals surface area contributed by atoms with Crippen molar-refractivity contribution in [1.29, 1.82) is 0 Å². The number of carbonyl (C=O) groups excluding carboxylic acids is 1. The molecular formula is C21H22N6O2. The maximum atomic E-state index is 12.3. The molecule has 2 N–H and O–H groups in total. The lowest BCUT2D eigenvalue weighted by molar-refractivity contribution is -0.118. The first kappa shape index (κ1) is 19.0. The van der Waals surface area contributed by atoms with Gasteiger partial charge in [-0.2, -0.15) is 0 Å². The van der Waals surface area contributed by atoms with E-state index >= 15 is 0 Å². The Bertz CT molecular complexity index is 960. The number of nitrogens with one attached hydrogen (secondary N) is 2. The molecular weight excluding hydrogens is 368 g/mol. The van der Waals surface area contributed by atoms with Gasteiger partial charge in [-0.25, -0.2) is 9.97 Å². The maximum Gasteiger partial charge on any atom is 0.238 e. The molecule has 1 fully saturated rings. The molecule has 0 aliphatic carbocycles. The number of hydrogen-bond donors (Lipinski definition) is 2. The van der Waals surface area contributed by atoms with E-state index in [1.165, 1.54) is 0 Å². The van der Waals surface area contributed by atoms with Crippen molar-refractivity contribution in [1.82, 2.24) is 19.9 Å². The zero-order chi connectivity index (χ0) is 19.9. The first-order valence-electron chi connectivity index (χ1n) is 9.47. The SMILES string of the molecule is O=C(CN1CCOCC1)Nc1cccc(Nc2nccc(-c3ccncc3)n2)c1. The molecule has 8 nitrogen and oxygen atoms in total. The second-order valence-corrected chi connectivity index (χ2v) is 6.64. The summed E-state index contributed by atoms with van der Waals surface area (Å²) in [5, 5.41) is 6.14. The molecule has 1 aliphatic heterocycles. The topological polar surface area (TPSA) is 92.3 Å². The van der Waals surface area contributed by atoms with Gasteiger partial charge in [-0.1, -0.05) is 6.07 Å². The Balaban J connectivity index is 1.40. The molecule has 3 heterocycles. The normalized spacial score (nSPS) is 14.3.